The first-order chi connectivity index (χ1) is 15.9. The van der Waals surface area contributed by atoms with E-state index in [1.165, 1.54) is 29.3 Å². The highest BCUT2D eigenvalue weighted by molar-refractivity contribution is 6.30. The van der Waals surface area contributed by atoms with Crippen LogP contribution >= 0.6 is 11.6 Å². The number of hydrogen-bond donors (Lipinski definition) is 2. The Morgan fingerprint density at radius 2 is 2.06 bits per heavy atom. The molecule has 2 heterocycles. The lowest BCUT2D eigenvalue weighted by atomic mass is 9.84. The number of rotatable bonds is 7. The fraction of sp³-hybridized carbons (Fsp3) is 0.480. The lowest BCUT2D eigenvalue weighted by molar-refractivity contribution is -0.0835. The minimum Gasteiger partial charge on any atom is -0.490 e. The first-order valence-corrected chi connectivity index (χ1v) is 11.9. The molecule has 1 spiro atoms. The molecule has 1 aliphatic carbocycles. The Bertz CT molecular complexity index is 1040. The Balaban J connectivity index is 1.15. The van der Waals surface area contributed by atoms with Crippen molar-refractivity contribution in [1.29, 1.82) is 0 Å². The number of amides is 1. The minimum atomic E-state index is -0.770. The highest BCUT2D eigenvalue weighted by atomic mass is 35.5. The number of β-amino-alcohol motifs (C(OH)–C–C–N with tert-alkyl or cyclic N) is 1. The van der Waals surface area contributed by atoms with Gasteiger partial charge in [0.05, 0.1) is 17.8 Å². The van der Waals surface area contributed by atoms with Crippen molar-refractivity contribution < 1.29 is 23.8 Å². The third-order valence-corrected chi connectivity index (χ3v) is 6.97. The molecule has 1 saturated carbocycles. The second-order valence-electron chi connectivity index (χ2n) is 9.24. The highest BCUT2D eigenvalue weighted by Gasteiger charge is 2.42. The van der Waals surface area contributed by atoms with Crippen LogP contribution in [-0.2, 0) is 16.9 Å². The van der Waals surface area contributed by atoms with Gasteiger partial charge >= 0.3 is 0 Å². The van der Waals surface area contributed by atoms with Crippen LogP contribution in [0.2, 0.25) is 5.02 Å². The number of aliphatic hydroxyl groups is 1. The van der Waals surface area contributed by atoms with Crippen LogP contribution in [0.15, 0.2) is 36.4 Å². The number of halogens is 2. The molecule has 33 heavy (non-hydrogen) atoms. The molecule has 2 N–H and O–H groups in total. The number of nitrogens with zero attached hydrogens (tertiary/aromatic N) is 1. The van der Waals surface area contributed by atoms with E-state index in [1.807, 2.05) is 18.2 Å². The first-order valence-electron chi connectivity index (χ1n) is 11.5. The summed E-state index contributed by atoms with van der Waals surface area (Å²) in [7, 11) is 0. The van der Waals surface area contributed by atoms with Gasteiger partial charge in [0.15, 0.2) is 0 Å². The number of piperidine rings is 1. The summed E-state index contributed by atoms with van der Waals surface area (Å²) in [5.74, 6) is -0.612. The van der Waals surface area contributed by atoms with Crippen LogP contribution in [0.3, 0.4) is 0 Å². The molecule has 0 radical (unpaired) electrons. The van der Waals surface area contributed by atoms with E-state index >= 15 is 0 Å². The van der Waals surface area contributed by atoms with Gasteiger partial charge in [0.1, 0.15) is 24.3 Å². The lowest BCUT2D eigenvalue weighted by Gasteiger charge is -2.39. The first kappa shape index (κ1) is 22.6. The van der Waals surface area contributed by atoms with Gasteiger partial charge in [-0.25, -0.2) is 4.39 Å². The Kier molecular flexibility index (Phi) is 6.31. The number of benzene rings is 2. The van der Waals surface area contributed by atoms with Crippen molar-refractivity contribution >= 4 is 17.5 Å². The monoisotopic (exact) mass is 474 g/mol. The van der Waals surface area contributed by atoms with E-state index in [9.17, 15) is 14.3 Å². The van der Waals surface area contributed by atoms with Gasteiger partial charge in [0.25, 0.3) is 5.91 Å². The fourth-order valence-electron chi connectivity index (χ4n) is 4.73. The summed E-state index contributed by atoms with van der Waals surface area (Å²) in [4.78, 5) is 14.6. The molecule has 0 unspecified atom stereocenters. The maximum atomic E-state index is 13.8. The molecular formula is C25H28ClFN2O4. The van der Waals surface area contributed by atoms with E-state index < -0.39 is 11.9 Å². The van der Waals surface area contributed by atoms with Crippen molar-refractivity contribution in [1.82, 2.24) is 10.2 Å². The van der Waals surface area contributed by atoms with Crippen molar-refractivity contribution in [2.75, 3.05) is 26.2 Å². The van der Waals surface area contributed by atoms with Gasteiger partial charge in [0, 0.05) is 36.8 Å². The SMILES string of the molecule is O=C(NC1CC1)c1ccc(F)cc1OC[C@H](O)CN1CCC2(CC1)OCc1ccc(Cl)cc12. The third kappa shape index (κ3) is 5.01. The molecule has 2 aromatic rings. The second-order valence-corrected chi connectivity index (χ2v) is 9.67. The van der Waals surface area contributed by atoms with Crippen molar-refractivity contribution in [2.24, 2.45) is 0 Å². The van der Waals surface area contributed by atoms with Crippen LogP contribution in [0, 0.1) is 5.82 Å². The van der Waals surface area contributed by atoms with Gasteiger partial charge in [-0.2, -0.15) is 0 Å². The molecule has 2 aliphatic heterocycles. The van der Waals surface area contributed by atoms with Crippen molar-refractivity contribution in [3.8, 4) is 5.75 Å². The van der Waals surface area contributed by atoms with Crippen LogP contribution < -0.4 is 10.1 Å². The Hall–Kier alpha value is -2.19. The predicted molar refractivity (Wildman–Crippen MR) is 122 cm³/mol. The molecule has 1 saturated heterocycles. The second kappa shape index (κ2) is 9.22. The topological polar surface area (TPSA) is 71.0 Å². The molecule has 2 aromatic carbocycles. The minimum absolute atomic E-state index is 0.0241. The summed E-state index contributed by atoms with van der Waals surface area (Å²) in [6, 6.07) is 9.99. The molecule has 1 atom stereocenters. The fourth-order valence-corrected chi connectivity index (χ4v) is 4.91. The zero-order valence-electron chi connectivity index (χ0n) is 18.4. The number of carbonyl (C=O) groups is 1. The van der Waals surface area contributed by atoms with Crippen molar-refractivity contribution in [3.63, 3.8) is 0 Å². The molecule has 0 bridgehead atoms. The van der Waals surface area contributed by atoms with E-state index in [-0.39, 0.29) is 35.5 Å². The van der Waals surface area contributed by atoms with Crippen LogP contribution in [0.5, 0.6) is 5.75 Å². The van der Waals surface area contributed by atoms with Crippen LogP contribution in [-0.4, -0.2) is 54.3 Å². The normalized spacial score (nSPS) is 20.5. The number of hydrogen-bond acceptors (Lipinski definition) is 5. The van der Waals surface area contributed by atoms with Gasteiger partial charge < -0.3 is 24.8 Å². The zero-order valence-corrected chi connectivity index (χ0v) is 19.1. The largest absolute Gasteiger partial charge is 0.490 e. The van der Waals surface area contributed by atoms with Crippen molar-refractivity contribution in [3.05, 3.63) is 63.9 Å². The Morgan fingerprint density at radius 3 is 2.82 bits per heavy atom. The lowest BCUT2D eigenvalue weighted by Crippen LogP contribution is -2.46. The van der Waals surface area contributed by atoms with Gasteiger partial charge in [-0.05, 0) is 61.1 Å². The summed E-state index contributed by atoms with van der Waals surface area (Å²) >= 11 is 6.22. The number of likely N-dealkylation sites (tertiary alicyclic amines) is 1. The van der Waals surface area contributed by atoms with Crippen LogP contribution in [0.4, 0.5) is 4.39 Å². The summed E-state index contributed by atoms with van der Waals surface area (Å²) in [5.41, 5.74) is 2.36. The Labute approximate surface area is 197 Å². The highest BCUT2D eigenvalue weighted by Crippen LogP contribution is 2.45. The molecule has 8 heteroatoms. The number of fused-ring (bicyclic) bond motifs is 2. The van der Waals surface area contributed by atoms with E-state index in [4.69, 9.17) is 21.1 Å². The van der Waals surface area contributed by atoms with E-state index in [0.29, 0.717) is 13.2 Å². The van der Waals surface area contributed by atoms with Gasteiger partial charge in [-0.15, -0.1) is 0 Å². The maximum Gasteiger partial charge on any atom is 0.255 e. The van der Waals surface area contributed by atoms with E-state index in [2.05, 4.69) is 10.2 Å². The quantitative estimate of drug-likeness (QED) is 0.641. The summed E-state index contributed by atoms with van der Waals surface area (Å²) in [5, 5.41) is 14.2. The summed E-state index contributed by atoms with van der Waals surface area (Å²) < 4.78 is 25.6. The van der Waals surface area contributed by atoms with E-state index in [0.717, 1.165) is 43.8 Å². The number of carbonyl (C=O) groups excluding carboxylic acids is 1. The Morgan fingerprint density at radius 1 is 1.27 bits per heavy atom. The molecule has 176 valence electrons. The molecule has 2 fully saturated rings. The third-order valence-electron chi connectivity index (χ3n) is 6.73. The number of aliphatic hydroxyl groups excluding tert-OH is 1. The molecule has 3 aliphatic rings. The smallest absolute Gasteiger partial charge is 0.255 e. The standard InChI is InChI=1S/C25H28ClFN2O4/c26-17-2-1-16-14-33-25(22(16)11-17)7-9-29(10-8-25)13-20(30)15-32-23-12-18(27)3-6-21(23)24(31)28-19-4-5-19/h1-3,6,11-12,19-20,30H,4-5,7-10,13-15H2,(H,28,31)/t20-/m1/s1. The zero-order chi connectivity index (χ0) is 23.0. The maximum absolute atomic E-state index is 13.8. The average molecular weight is 475 g/mol. The van der Waals surface area contributed by atoms with E-state index in [1.54, 1.807) is 0 Å². The molecular weight excluding hydrogens is 447 g/mol. The van der Waals surface area contributed by atoms with Gasteiger partial charge in [0.2, 0.25) is 0 Å². The van der Waals surface area contributed by atoms with Gasteiger partial charge in [-0.3, -0.25) is 4.79 Å². The predicted octanol–water partition coefficient (Wildman–Crippen LogP) is 3.63. The number of nitrogens with one attached hydrogen (secondary N) is 1. The van der Waals surface area contributed by atoms with Crippen molar-refractivity contribution in [2.45, 2.75) is 50.0 Å². The molecule has 0 aromatic heterocycles. The van der Waals surface area contributed by atoms with Crippen LogP contribution in [0.25, 0.3) is 0 Å². The molecule has 6 nitrogen and oxygen atoms in total. The van der Waals surface area contributed by atoms with Gasteiger partial charge in [-0.1, -0.05) is 17.7 Å². The summed E-state index contributed by atoms with van der Waals surface area (Å²) in [6.07, 6.45) is 2.80. The average Bonchev–Trinajstić information content (AvgIpc) is 3.55. The molecule has 1 amide bonds. The number of ether oxygens (including phenoxy) is 2. The molecule has 5 rings (SSSR count). The van der Waals surface area contributed by atoms with Crippen LogP contribution in [0.1, 0.15) is 47.2 Å². The summed E-state index contributed by atoms with van der Waals surface area (Å²) in [6.45, 7) is 2.56.